The van der Waals surface area contributed by atoms with E-state index in [-0.39, 0.29) is 0 Å². The lowest BCUT2D eigenvalue weighted by Gasteiger charge is -2.33. The van der Waals surface area contributed by atoms with E-state index in [4.69, 9.17) is 17.2 Å². The number of anilines is 1. The molecule has 0 saturated carbocycles. The van der Waals surface area contributed by atoms with Crippen LogP contribution in [0.3, 0.4) is 0 Å². The van der Waals surface area contributed by atoms with Crippen LogP contribution in [0.2, 0.25) is 0 Å². The highest BCUT2D eigenvalue weighted by atomic mass is 32.1. The summed E-state index contributed by atoms with van der Waals surface area (Å²) in [4.78, 5) is 10.7. The van der Waals surface area contributed by atoms with Gasteiger partial charge in [-0.25, -0.2) is 4.98 Å². The Balaban J connectivity index is 1.50. The summed E-state index contributed by atoms with van der Waals surface area (Å²) in [6.45, 7) is 8.27. The Kier molecular flexibility index (Phi) is 4.87. The molecule has 4 rings (SSSR count). The second-order valence-corrected chi connectivity index (χ2v) is 8.05. The lowest BCUT2D eigenvalue weighted by Crippen LogP contribution is -2.41. The van der Waals surface area contributed by atoms with Crippen molar-refractivity contribution >= 4 is 34.1 Å². The molecule has 2 aromatic carbocycles. The van der Waals surface area contributed by atoms with E-state index in [1.165, 1.54) is 16.7 Å². The molecule has 0 radical (unpaired) electrons. The molecule has 1 aliphatic heterocycles. The lowest BCUT2D eigenvalue weighted by molar-refractivity contribution is 0.307. The Morgan fingerprint density at radius 1 is 1.19 bits per heavy atom. The topological polar surface area (TPSA) is 44.0 Å². The van der Waals surface area contributed by atoms with E-state index in [2.05, 4.69) is 72.4 Å². The minimum Gasteiger partial charge on any atom is -0.348 e. The van der Waals surface area contributed by atoms with Gasteiger partial charge in [0.2, 0.25) is 0 Å². The van der Waals surface area contributed by atoms with Crippen LogP contribution in [-0.2, 0) is 0 Å². The molecule has 0 aliphatic carbocycles. The third kappa shape index (κ3) is 3.83. The van der Waals surface area contributed by atoms with Crippen molar-refractivity contribution in [3.8, 4) is 0 Å². The zero-order chi connectivity index (χ0) is 19.0. The highest BCUT2D eigenvalue weighted by Crippen LogP contribution is 2.28. The van der Waals surface area contributed by atoms with Crippen LogP contribution >= 0.6 is 12.2 Å². The predicted molar refractivity (Wildman–Crippen MR) is 117 cm³/mol. The molecule has 5 heteroatoms. The molecule has 1 aliphatic rings. The number of aromatic amines is 1. The van der Waals surface area contributed by atoms with Gasteiger partial charge >= 0.3 is 0 Å². The number of imidazole rings is 1. The third-order valence-corrected chi connectivity index (χ3v) is 5.84. The maximum absolute atomic E-state index is 5.68. The van der Waals surface area contributed by atoms with Crippen molar-refractivity contribution in [2.24, 2.45) is 0 Å². The van der Waals surface area contributed by atoms with Crippen LogP contribution in [-0.4, -0.2) is 33.1 Å². The highest BCUT2D eigenvalue weighted by Gasteiger charge is 2.25. The molecule has 0 unspecified atom stereocenters. The normalized spacial score (nSPS) is 17.3. The number of nitrogens with zero attached hydrogens (tertiary/aromatic N) is 2. The van der Waals surface area contributed by atoms with E-state index in [0.717, 1.165) is 53.6 Å². The number of hydrogen-bond acceptors (Lipinski definition) is 2. The molecule has 1 saturated heterocycles. The highest BCUT2D eigenvalue weighted by molar-refractivity contribution is 7.80. The summed E-state index contributed by atoms with van der Waals surface area (Å²) >= 11 is 5.68. The molecule has 4 nitrogen and oxygen atoms in total. The Hall–Kier alpha value is -2.40. The molecule has 0 amide bonds. The fourth-order valence-electron chi connectivity index (χ4n) is 3.79. The number of benzene rings is 2. The number of nitrogens with one attached hydrogen (secondary N) is 2. The number of aromatic nitrogens is 2. The Labute approximate surface area is 166 Å². The first-order valence-corrected chi connectivity index (χ1v) is 10.00. The van der Waals surface area contributed by atoms with Gasteiger partial charge in [0, 0.05) is 24.7 Å². The van der Waals surface area contributed by atoms with E-state index in [1.807, 2.05) is 0 Å². The number of rotatable bonds is 2. The minimum atomic E-state index is 0.379. The smallest absolute Gasteiger partial charge is 0.173 e. The van der Waals surface area contributed by atoms with E-state index >= 15 is 0 Å². The van der Waals surface area contributed by atoms with Gasteiger partial charge in [-0.1, -0.05) is 12.1 Å². The number of thiocarbonyl (C=S) groups is 1. The van der Waals surface area contributed by atoms with E-state index < -0.39 is 0 Å². The Bertz CT molecular complexity index is 952. The van der Waals surface area contributed by atoms with Crippen LogP contribution in [0.4, 0.5) is 5.69 Å². The van der Waals surface area contributed by atoms with Crippen LogP contribution in [0.15, 0.2) is 36.4 Å². The summed E-state index contributed by atoms with van der Waals surface area (Å²) in [5, 5.41) is 4.19. The van der Waals surface area contributed by atoms with Crippen molar-refractivity contribution in [3.63, 3.8) is 0 Å². The number of aryl methyl sites for hydroxylation is 3. The van der Waals surface area contributed by atoms with E-state index in [9.17, 15) is 0 Å². The standard InChI is InChI=1S/C22H26N4S/c1-14-6-4-8-18(10-14)23-22(27)26-9-5-7-17(13-26)21-24-19-11-15(2)16(3)12-20(19)25-21/h4,6,8,10-12,17H,5,7,9,13H2,1-3H3,(H,23,27)(H,24,25)/t17-/m1/s1. The number of H-pyrrole nitrogens is 1. The van der Waals surface area contributed by atoms with Gasteiger partial charge in [-0.2, -0.15) is 0 Å². The van der Waals surface area contributed by atoms with Gasteiger partial charge in [-0.15, -0.1) is 0 Å². The second-order valence-electron chi connectivity index (χ2n) is 7.66. The quantitative estimate of drug-likeness (QED) is 0.612. The van der Waals surface area contributed by atoms with E-state index in [0.29, 0.717) is 5.92 Å². The zero-order valence-corrected chi connectivity index (χ0v) is 17.0. The van der Waals surface area contributed by atoms with Crippen LogP contribution < -0.4 is 5.32 Å². The van der Waals surface area contributed by atoms with Crippen LogP contribution in [0.5, 0.6) is 0 Å². The minimum absolute atomic E-state index is 0.379. The van der Waals surface area contributed by atoms with Gasteiger partial charge in [0.1, 0.15) is 5.82 Å². The predicted octanol–water partition coefficient (Wildman–Crippen LogP) is 5.06. The lowest BCUT2D eigenvalue weighted by atomic mass is 9.98. The third-order valence-electron chi connectivity index (χ3n) is 5.48. The summed E-state index contributed by atoms with van der Waals surface area (Å²) in [5.74, 6) is 1.46. The monoisotopic (exact) mass is 378 g/mol. The van der Waals surface area contributed by atoms with E-state index in [1.54, 1.807) is 0 Å². The van der Waals surface area contributed by atoms with Gasteiger partial charge in [-0.05, 0) is 86.8 Å². The molecule has 140 valence electrons. The summed E-state index contributed by atoms with van der Waals surface area (Å²) in [6, 6.07) is 12.7. The Morgan fingerprint density at radius 2 is 2.00 bits per heavy atom. The van der Waals surface area contributed by atoms with Gasteiger partial charge < -0.3 is 15.2 Å². The van der Waals surface area contributed by atoms with Crippen molar-refractivity contribution in [1.82, 2.24) is 14.9 Å². The second kappa shape index (κ2) is 7.31. The first-order valence-electron chi connectivity index (χ1n) is 9.59. The molecule has 1 fully saturated rings. The molecular formula is C22H26N4S. The van der Waals surface area contributed by atoms with Crippen molar-refractivity contribution in [1.29, 1.82) is 0 Å². The number of likely N-dealkylation sites (tertiary alicyclic amines) is 1. The number of fused-ring (bicyclic) bond motifs is 1. The van der Waals surface area contributed by atoms with Gasteiger partial charge in [-0.3, -0.25) is 0 Å². The summed E-state index contributed by atoms with van der Waals surface area (Å²) in [5.41, 5.74) is 7.06. The number of hydrogen-bond donors (Lipinski definition) is 2. The molecular weight excluding hydrogens is 352 g/mol. The maximum Gasteiger partial charge on any atom is 0.173 e. The average Bonchev–Trinajstić information content (AvgIpc) is 3.05. The zero-order valence-electron chi connectivity index (χ0n) is 16.2. The SMILES string of the molecule is Cc1cccc(NC(=S)N2CCC[C@@H](c3nc4cc(C)c(C)cc4[nH]3)C2)c1. The summed E-state index contributed by atoms with van der Waals surface area (Å²) in [7, 11) is 0. The van der Waals surface area contributed by atoms with Gasteiger partial charge in [0.25, 0.3) is 0 Å². The van der Waals surface area contributed by atoms with Gasteiger partial charge in [0.05, 0.1) is 11.0 Å². The molecule has 1 atom stereocenters. The summed E-state index contributed by atoms with van der Waals surface area (Å²) in [6.07, 6.45) is 2.26. The van der Waals surface area contributed by atoms with Gasteiger partial charge in [0.15, 0.2) is 5.11 Å². The fraction of sp³-hybridized carbons (Fsp3) is 0.364. The molecule has 0 bridgehead atoms. The van der Waals surface area contributed by atoms with Crippen LogP contribution in [0.25, 0.3) is 11.0 Å². The molecule has 2 heterocycles. The first kappa shape index (κ1) is 18.0. The molecule has 27 heavy (non-hydrogen) atoms. The van der Waals surface area contributed by atoms with Crippen LogP contribution in [0.1, 0.15) is 41.3 Å². The molecule has 0 spiro atoms. The Morgan fingerprint density at radius 3 is 2.81 bits per heavy atom. The first-order chi connectivity index (χ1) is 13.0. The van der Waals surface area contributed by atoms with Crippen molar-refractivity contribution in [3.05, 3.63) is 58.9 Å². The van der Waals surface area contributed by atoms with Crippen molar-refractivity contribution in [2.45, 2.75) is 39.5 Å². The maximum atomic E-state index is 5.68. The largest absolute Gasteiger partial charge is 0.348 e. The number of piperidine rings is 1. The van der Waals surface area contributed by atoms with Crippen LogP contribution in [0, 0.1) is 20.8 Å². The average molecular weight is 379 g/mol. The van der Waals surface area contributed by atoms with Crippen molar-refractivity contribution in [2.75, 3.05) is 18.4 Å². The van der Waals surface area contributed by atoms with Crippen molar-refractivity contribution < 1.29 is 0 Å². The molecule has 2 N–H and O–H groups in total. The molecule has 3 aromatic rings. The molecule has 1 aromatic heterocycles. The summed E-state index contributed by atoms with van der Waals surface area (Å²) < 4.78 is 0. The fourth-order valence-corrected chi connectivity index (χ4v) is 4.08.